The lowest BCUT2D eigenvalue weighted by Gasteiger charge is -2.25. The van der Waals surface area contributed by atoms with Crippen LogP contribution >= 0.6 is 0 Å². The van der Waals surface area contributed by atoms with Gasteiger partial charge in [-0.3, -0.25) is 4.98 Å². The number of rotatable bonds is 5. The monoisotopic (exact) mass is 272 g/mol. The van der Waals surface area contributed by atoms with Crippen LogP contribution in [0.2, 0.25) is 0 Å². The maximum absolute atomic E-state index is 6.04. The van der Waals surface area contributed by atoms with Gasteiger partial charge in [0, 0.05) is 17.5 Å². The Morgan fingerprint density at radius 1 is 1.25 bits per heavy atom. The number of nitrogens with zero attached hydrogens (tertiary/aromatic N) is 1. The molecule has 0 bridgehead atoms. The van der Waals surface area contributed by atoms with Crippen molar-refractivity contribution >= 4 is 10.9 Å². The Bertz CT molecular complexity index is 560. The number of para-hydroxylation sites is 1. The molecular formula is C17H24N2O. The van der Waals surface area contributed by atoms with E-state index < -0.39 is 0 Å². The van der Waals surface area contributed by atoms with E-state index in [-0.39, 0.29) is 11.6 Å². The van der Waals surface area contributed by atoms with Gasteiger partial charge >= 0.3 is 0 Å². The van der Waals surface area contributed by atoms with Gasteiger partial charge in [0.1, 0.15) is 11.9 Å². The maximum atomic E-state index is 6.04. The molecule has 108 valence electrons. The molecule has 20 heavy (non-hydrogen) atoms. The summed E-state index contributed by atoms with van der Waals surface area (Å²) in [5.41, 5.74) is 1.11. The SMILES string of the molecule is CCC(CNC(C)(C)C)Oc1cnc2ccccc2c1. The molecular weight excluding hydrogens is 248 g/mol. The molecule has 0 saturated carbocycles. The minimum absolute atomic E-state index is 0.110. The lowest BCUT2D eigenvalue weighted by molar-refractivity contribution is 0.181. The largest absolute Gasteiger partial charge is 0.487 e. The van der Waals surface area contributed by atoms with Crippen molar-refractivity contribution < 1.29 is 4.74 Å². The van der Waals surface area contributed by atoms with E-state index in [1.54, 1.807) is 0 Å². The minimum Gasteiger partial charge on any atom is -0.487 e. The van der Waals surface area contributed by atoms with Crippen molar-refractivity contribution in [2.75, 3.05) is 6.54 Å². The lowest BCUT2D eigenvalue weighted by Crippen LogP contribution is -2.42. The van der Waals surface area contributed by atoms with Crippen LogP contribution in [0.15, 0.2) is 36.5 Å². The molecule has 1 N–H and O–H groups in total. The van der Waals surface area contributed by atoms with Crippen LogP contribution in [0, 0.1) is 0 Å². The Kier molecular flexibility index (Phi) is 4.61. The predicted molar refractivity (Wildman–Crippen MR) is 84.2 cm³/mol. The molecule has 0 aliphatic carbocycles. The molecule has 1 atom stereocenters. The van der Waals surface area contributed by atoms with Crippen molar-refractivity contribution in [3.05, 3.63) is 36.5 Å². The summed E-state index contributed by atoms with van der Waals surface area (Å²) in [4.78, 5) is 4.43. The van der Waals surface area contributed by atoms with E-state index in [2.05, 4.69) is 50.1 Å². The molecule has 0 aliphatic heterocycles. The molecule has 0 saturated heterocycles. The van der Waals surface area contributed by atoms with Gasteiger partial charge in [-0.2, -0.15) is 0 Å². The average molecular weight is 272 g/mol. The van der Waals surface area contributed by atoms with Crippen LogP contribution in [0.5, 0.6) is 5.75 Å². The van der Waals surface area contributed by atoms with Gasteiger partial charge in [0.05, 0.1) is 11.7 Å². The maximum Gasteiger partial charge on any atom is 0.138 e. The van der Waals surface area contributed by atoms with E-state index in [1.165, 1.54) is 0 Å². The zero-order chi connectivity index (χ0) is 14.6. The summed E-state index contributed by atoms with van der Waals surface area (Å²) < 4.78 is 6.04. The Balaban J connectivity index is 2.05. The second-order valence-electron chi connectivity index (χ2n) is 6.14. The molecule has 2 rings (SSSR count). The number of nitrogens with one attached hydrogen (secondary N) is 1. The Hall–Kier alpha value is -1.61. The van der Waals surface area contributed by atoms with Crippen molar-refractivity contribution in [1.82, 2.24) is 10.3 Å². The lowest BCUT2D eigenvalue weighted by atomic mass is 10.1. The summed E-state index contributed by atoms with van der Waals surface area (Å²) in [6.07, 6.45) is 2.94. The fourth-order valence-corrected chi connectivity index (χ4v) is 2.00. The van der Waals surface area contributed by atoms with E-state index >= 15 is 0 Å². The van der Waals surface area contributed by atoms with Gasteiger partial charge in [0.2, 0.25) is 0 Å². The van der Waals surface area contributed by atoms with Gasteiger partial charge in [0.25, 0.3) is 0 Å². The van der Waals surface area contributed by atoms with Crippen LogP contribution < -0.4 is 10.1 Å². The first-order valence-corrected chi connectivity index (χ1v) is 7.24. The summed E-state index contributed by atoms with van der Waals surface area (Å²) in [7, 11) is 0. The van der Waals surface area contributed by atoms with Crippen molar-refractivity contribution in [3.8, 4) is 5.75 Å². The molecule has 1 aromatic carbocycles. The molecule has 0 radical (unpaired) electrons. The standard InChI is InChI=1S/C17H24N2O/c1-5-14(12-19-17(2,3)4)20-15-10-13-8-6-7-9-16(13)18-11-15/h6-11,14,19H,5,12H2,1-4H3. The molecule has 0 fully saturated rings. The fourth-order valence-electron chi connectivity index (χ4n) is 2.00. The van der Waals surface area contributed by atoms with E-state index in [1.807, 2.05) is 24.4 Å². The van der Waals surface area contributed by atoms with Crippen LogP contribution in [-0.2, 0) is 0 Å². The fraction of sp³-hybridized carbons (Fsp3) is 0.471. The number of hydrogen-bond acceptors (Lipinski definition) is 3. The van der Waals surface area contributed by atoms with Crippen LogP contribution in [0.25, 0.3) is 10.9 Å². The highest BCUT2D eigenvalue weighted by Gasteiger charge is 2.14. The van der Waals surface area contributed by atoms with Crippen LogP contribution in [0.3, 0.4) is 0 Å². The molecule has 0 spiro atoms. The summed E-state index contributed by atoms with van der Waals surface area (Å²) in [5, 5.41) is 4.60. The zero-order valence-electron chi connectivity index (χ0n) is 12.8. The Labute approximate surface area is 121 Å². The molecule has 3 heteroatoms. The van der Waals surface area contributed by atoms with Gasteiger partial charge in [-0.05, 0) is 39.3 Å². The highest BCUT2D eigenvalue weighted by atomic mass is 16.5. The number of benzene rings is 1. The highest BCUT2D eigenvalue weighted by Crippen LogP contribution is 2.19. The number of pyridine rings is 1. The van der Waals surface area contributed by atoms with E-state index in [4.69, 9.17) is 4.74 Å². The van der Waals surface area contributed by atoms with E-state index in [9.17, 15) is 0 Å². The molecule has 1 aromatic heterocycles. The smallest absolute Gasteiger partial charge is 0.138 e. The van der Waals surface area contributed by atoms with Crippen molar-refractivity contribution in [2.45, 2.75) is 45.8 Å². The van der Waals surface area contributed by atoms with Crippen molar-refractivity contribution in [1.29, 1.82) is 0 Å². The zero-order valence-corrected chi connectivity index (χ0v) is 12.8. The van der Waals surface area contributed by atoms with Crippen LogP contribution in [0.4, 0.5) is 0 Å². The van der Waals surface area contributed by atoms with E-state index in [0.717, 1.165) is 29.6 Å². The molecule has 1 heterocycles. The summed E-state index contributed by atoms with van der Waals surface area (Å²) in [5.74, 6) is 0.839. The Morgan fingerprint density at radius 2 is 2.00 bits per heavy atom. The summed E-state index contributed by atoms with van der Waals surface area (Å²) >= 11 is 0. The molecule has 0 amide bonds. The second-order valence-corrected chi connectivity index (χ2v) is 6.14. The van der Waals surface area contributed by atoms with Gasteiger partial charge in [-0.15, -0.1) is 0 Å². The predicted octanol–water partition coefficient (Wildman–Crippen LogP) is 3.78. The van der Waals surface area contributed by atoms with Crippen LogP contribution in [-0.4, -0.2) is 23.2 Å². The third-order valence-electron chi connectivity index (χ3n) is 3.18. The summed E-state index contributed by atoms with van der Waals surface area (Å²) in [6.45, 7) is 9.47. The molecule has 0 aliphatic rings. The first-order chi connectivity index (χ1) is 9.48. The quantitative estimate of drug-likeness (QED) is 0.899. The average Bonchev–Trinajstić information content (AvgIpc) is 2.42. The minimum atomic E-state index is 0.110. The van der Waals surface area contributed by atoms with E-state index in [0.29, 0.717) is 0 Å². The van der Waals surface area contributed by atoms with Gasteiger partial charge in [-0.25, -0.2) is 0 Å². The number of hydrogen-bond donors (Lipinski definition) is 1. The molecule has 1 unspecified atom stereocenters. The third kappa shape index (κ3) is 4.20. The van der Waals surface area contributed by atoms with Crippen LogP contribution in [0.1, 0.15) is 34.1 Å². The first-order valence-electron chi connectivity index (χ1n) is 7.24. The first kappa shape index (κ1) is 14.8. The highest BCUT2D eigenvalue weighted by molar-refractivity contribution is 5.79. The van der Waals surface area contributed by atoms with Gasteiger partial charge < -0.3 is 10.1 Å². The Morgan fingerprint density at radius 3 is 2.70 bits per heavy atom. The third-order valence-corrected chi connectivity index (χ3v) is 3.18. The van der Waals surface area contributed by atoms with Gasteiger partial charge in [0.15, 0.2) is 0 Å². The molecule has 2 aromatic rings. The second kappa shape index (κ2) is 6.23. The normalized spacial score (nSPS) is 13.4. The van der Waals surface area contributed by atoms with Crippen molar-refractivity contribution in [2.24, 2.45) is 0 Å². The van der Waals surface area contributed by atoms with Crippen molar-refractivity contribution in [3.63, 3.8) is 0 Å². The number of aromatic nitrogens is 1. The molecule has 3 nitrogen and oxygen atoms in total. The number of ether oxygens (including phenoxy) is 1. The topological polar surface area (TPSA) is 34.1 Å². The number of fused-ring (bicyclic) bond motifs is 1. The summed E-state index contributed by atoms with van der Waals surface area (Å²) in [6, 6.07) is 10.1. The van der Waals surface area contributed by atoms with Gasteiger partial charge in [-0.1, -0.05) is 25.1 Å².